The molecule has 59 heavy (non-hydrogen) atoms. The highest BCUT2D eigenvalue weighted by Crippen LogP contribution is 2.51. The van der Waals surface area contributed by atoms with Gasteiger partial charge in [0.1, 0.15) is 0 Å². The molecule has 3 heteroatoms. The van der Waals surface area contributed by atoms with E-state index in [-0.39, 0.29) is 5.41 Å². The van der Waals surface area contributed by atoms with Crippen LogP contribution in [0, 0.1) is 13.8 Å². The summed E-state index contributed by atoms with van der Waals surface area (Å²) in [6.07, 6.45) is 0. The lowest BCUT2D eigenvalue weighted by Crippen LogP contribution is -2.17. The number of rotatable bonds is 8. The van der Waals surface area contributed by atoms with Crippen LogP contribution in [0.5, 0.6) is 0 Å². The van der Waals surface area contributed by atoms with Gasteiger partial charge in [0.2, 0.25) is 0 Å². The Labute approximate surface area is 350 Å². The second-order valence-corrected chi connectivity index (χ2v) is 16.6. The van der Waals surface area contributed by atoms with Crippen molar-refractivity contribution in [3.63, 3.8) is 0 Å². The van der Waals surface area contributed by atoms with E-state index in [0.717, 1.165) is 33.8 Å². The topological polar surface area (TPSA) is 26.7 Å². The van der Waals surface area contributed by atoms with Crippen LogP contribution >= 0.6 is 0 Å². The summed E-state index contributed by atoms with van der Waals surface area (Å²) < 4.78 is 0. The molecule has 1 aliphatic carbocycles. The molecule has 0 unspecified atom stereocenters. The summed E-state index contributed by atoms with van der Waals surface area (Å²) in [6, 6.07) is 70.6. The van der Waals surface area contributed by atoms with E-state index in [4.69, 9.17) is 0 Å². The number of fused-ring (bicyclic) bond motifs is 3. The molecule has 0 saturated heterocycles. The number of anilines is 6. The molecule has 0 amide bonds. The summed E-state index contributed by atoms with van der Waals surface area (Å²) in [5.41, 5.74) is 17.1. The quantitative estimate of drug-likeness (QED) is 0.167. The highest BCUT2D eigenvalue weighted by Gasteiger charge is 2.36. The van der Waals surface area contributed by atoms with E-state index in [2.05, 4.69) is 219 Å². The van der Waals surface area contributed by atoms with Crippen LogP contribution in [0.25, 0.3) is 22.3 Å². The van der Waals surface area contributed by atoms with Gasteiger partial charge in [-0.1, -0.05) is 152 Å². The van der Waals surface area contributed by atoms with E-state index in [9.17, 15) is 5.11 Å². The van der Waals surface area contributed by atoms with E-state index in [1.165, 1.54) is 50.4 Å². The van der Waals surface area contributed by atoms with Gasteiger partial charge >= 0.3 is 0 Å². The standard InChI is InChI=1S/C28H27NO.C28H25N/c1-21-14-19-27(28(2,3)30)26(20-21)22-15-17-25(18-16-22)29(23-10-6-4-7-11-23)24-12-8-5-9-13-24;1-20-14-17-26-25(18-20)24-16-15-23(19-27(24)28(26,2)3)29(21-10-6-4-7-11-21)22-12-8-5-9-13-22/h4-20,30H,1-3H3;4-19H,1-3H3. The predicted octanol–water partition coefficient (Wildman–Crippen LogP) is 15.1. The minimum absolute atomic E-state index is 0.00653. The Balaban J connectivity index is 0.000000164. The van der Waals surface area contributed by atoms with Crippen LogP contribution in [0.4, 0.5) is 34.1 Å². The van der Waals surface area contributed by atoms with Crippen LogP contribution in [0.3, 0.4) is 0 Å². The van der Waals surface area contributed by atoms with Crippen molar-refractivity contribution in [3.8, 4) is 22.3 Å². The Morgan fingerprint density at radius 2 is 0.797 bits per heavy atom. The zero-order valence-electron chi connectivity index (χ0n) is 34.9. The number of para-hydroxylation sites is 4. The number of aryl methyl sites for hydroxylation is 2. The zero-order chi connectivity index (χ0) is 41.1. The van der Waals surface area contributed by atoms with E-state index in [0.29, 0.717) is 0 Å². The second kappa shape index (κ2) is 16.3. The van der Waals surface area contributed by atoms with Crippen LogP contribution < -0.4 is 9.80 Å². The third kappa shape index (κ3) is 8.08. The molecule has 292 valence electrons. The average Bonchev–Trinajstić information content (AvgIpc) is 3.47. The number of hydrogen-bond donors (Lipinski definition) is 1. The van der Waals surface area contributed by atoms with Crippen LogP contribution in [0.15, 0.2) is 200 Å². The van der Waals surface area contributed by atoms with Crippen molar-refractivity contribution in [1.82, 2.24) is 0 Å². The first-order valence-corrected chi connectivity index (χ1v) is 20.5. The molecule has 9 rings (SSSR count). The zero-order valence-corrected chi connectivity index (χ0v) is 34.9. The van der Waals surface area contributed by atoms with Crippen LogP contribution in [-0.2, 0) is 11.0 Å². The Bertz CT molecular complexity index is 2580. The van der Waals surface area contributed by atoms with Gasteiger partial charge in [-0.2, -0.15) is 0 Å². The van der Waals surface area contributed by atoms with Gasteiger partial charge in [0.05, 0.1) is 5.60 Å². The summed E-state index contributed by atoms with van der Waals surface area (Å²) in [5.74, 6) is 0. The molecular formula is C56H52N2O. The van der Waals surface area contributed by atoms with Gasteiger partial charge < -0.3 is 14.9 Å². The van der Waals surface area contributed by atoms with Gasteiger partial charge in [-0.3, -0.25) is 0 Å². The Morgan fingerprint density at radius 1 is 0.390 bits per heavy atom. The molecule has 8 aromatic carbocycles. The molecule has 0 atom stereocenters. The molecule has 0 aliphatic heterocycles. The van der Waals surface area contributed by atoms with E-state index < -0.39 is 5.60 Å². The molecule has 0 spiro atoms. The first kappa shape index (κ1) is 39.2. The molecular weight excluding hydrogens is 717 g/mol. The minimum atomic E-state index is -0.901. The summed E-state index contributed by atoms with van der Waals surface area (Å²) in [4.78, 5) is 4.58. The highest BCUT2D eigenvalue weighted by atomic mass is 16.3. The third-order valence-electron chi connectivity index (χ3n) is 11.4. The lowest BCUT2D eigenvalue weighted by molar-refractivity contribution is 0.0792. The Hall–Kier alpha value is -6.68. The molecule has 1 N–H and O–H groups in total. The molecule has 3 nitrogen and oxygen atoms in total. The minimum Gasteiger partial charge on any atom is -0.386 e. The molecule has 0 fully saturated rings. The normalized spacial score (nSPS) is 12.5. The Morgan fingerprint density at radius 3 is 1.27 bits per heavy atom. The fourth-order valence-corrected chi connectivity index (χ4v) is 8.42. The van der Waals surface area contributed by atoms with E-state index in [1.807, 2.05) is 32.0 Å². The summed E-state index contributed by atoms with van der Waals surface area (Å²) >= 11 is 0. The van der Waals surface area contributed by atoms with Gasteiger partial charge in [-0.15, -0.1) is 0 Å². The van der Waals surface area contributed by atoms with Crippen molar-refractivity contribution >= 4 is 34.1 Å². The van der Waals surface area contributed by atoms with Gasteiger partial charge in [-0.25, -0.2) is 0 Å². The maximum Gasteiger partial charge on any atom is 0.0846 e. The molecule has 1 aliphatic rings. The van der Waals surface area contributed by atoms with Crippen molar-refractivity contribution in [2.75, 3.05) is 9.80 Å². The summed E-state index contributed by atoms with van der Waals surface area (Å²) in [5, 5.41) is 10.7. The average molecular weight is 769 g/mol. The van der Waals surface area contributed by atoms with Crippen LogP contribution in [0.1, 0.15) is 55.5 Å². The Kier molecular flexibility index (Phi) is 10.8. The maximum atomic E-state index is 10.7. The number of nitrogens with zero attached hydrogens (tertiary/aromatic N) is 2. The monoisotopic (exact) mass is 768 g/mol. The molecule has 8 aromatic rings. The van der Waals surface area contributed by atoms with Crippen molar-refractivity contribution < 1.29 is 5.11 Å². The number of benzene rings is 8. The fraction of sp³-hybridized carbons (Fsp3) is 0.143. The smallest absolute Gasteiger partial charge is 0.0846 e. The molecule has 0 bridgehead atoms. The van der Waals surface area contributed by atoms with E-state index >= 15 is 0 Å². The van der Waals surface area contributed by atoms with Crippen molar-refractivity contribution in [1.29, 1.82) is 0 Å². The van der Waals surface area contributed by atoms with Gasteiger partial charge in [0.15, 0.2) is 0 Å². The highest BCUT2D eigenvalue weighted by molar-refractivity contribution is 5.86. The van der Waals surface area contributed by atoms with Crippen molar-refractivity contribution in [2.24, 2.45) is 0 Å². The van der Waals surface area contributed by atoms with E-state index in [1.54, 1.807) is 0 Å². The van der Waals surface area contributed by atoms with Crippen molar-refractivity contribution in [3.05, 3.63) is 228 Å². The van der Waals surface area contributed by atoms with Crippen LogP contribution in [0.2, 0.25) is 0 Å². The summed E-state index contributed by atoms with van der Waals surface area (Å²) in [6.45, 7) is 12.6. The molecule has 0 radical (unpaired) electrons. The van der Waals surface area contributed by atoms with Crippen LogP contribution in [-0.4, -0.2) is 5.11 Å². The molecule has 0 saturated carbocycles. The lowest BCUT2D eigenvalue weighted by atomic mass is 9.82. The maximum absolute atomic E-state index is 10.7. The SMILES string of the molecule is Cc1ccc(C(C)(C)O)c(-c2ccc(N(c3ccccc3)c3ccccc3)cc2)c1.Cc1ccc2c(c1)-c1ccc(N(c3ccccc3)c3ccccc3)cc1C2(C)C. The largest absolute Gasteiger partial charge is 0.386 e. The van der Waals surface area contributed by atoms with Gasteiger partial charge in [0.25, 0.3) is 0 Å². The predicted molar refractivity (Wildman–Crippen MR) is 250 cm³/mol. The second-order valence-electron chi connectivity index (χ2n) is 16.6. The first-order chi connectivity index (χ1) is 28.5. The number of hydrogen-bond acceptors (Lipinski definition) is 3. The molecule has 0 aromatic heterocycles. The molecule has 0 heterocycles. The fourth-order valence-electron chi connectivity index (χ4n) is 8.42. The third-order valence-corrected chi connectivity index (χ3v) is 11.4. The lowest BCUT2D eigenvalue weighted by Gasteiger charge is -2.28. The number of aliphatic hydroxyl groups is 1. The van der Waals surface area contributed by atoms with Crippen molar-refractivity contribution in [2.45, 2.75) is 52.6 Å². The van der Waals surface area contributed by atoms with Gasteiger partial charge in [-0.05, 0) is 139 Å². The first-order valence-electron chi connectivity index (χ1n) is 20.5. The van der Waals surface area contributed by atoms with Gasteiger partial charge in [0, 0.05) is 39.5 Å². The summed E-state index contributed by atoms with van der Waals surface area (Å²) in [7, 11) is 0.